The molecule has 1 fully saturated rings. The number of amides is 1. The van der Waals surface area contributed by atoms with Gasteiger partial charge in [0.15, 0.2) is 0 Å². The number of hydrogen-bond acceptors (Lipinski definition) is 6. The number of ether oxygens (including phenoxy) is 2. The summed E-state index contributed by atoms with van der Waals surface area (Å²) in [5.41, 5.74) is 1.92. The summed E-state index contributed by atoms with van der Waals surface area (Å²) in [5.74, 6) is 1.20. The molecule has 1 aliphatic heterocycles. The predicted octanol–water partition coefficient (Wildman–Crippen LogP) is 3.72. The van der Waals surface area contributed by atoms with Crippen molar-refractivity contribution in [3.63, 3.8) is 0 Å². The Bertz CT molecular complexity index is 981. The molecule has 0 N–H and O–H groups in total. The fraction of sp³-hybridized carbons (Fsp3) is 0.364. The minimum absolute atomic E-state index is 0.00137. The maximum absolute atomic E-state index is 12.0. The topological polar surface area (TPSA) is 82.4 Å². The molecule has 156 valence electrons. The third kappa shape index (κ3) is 4.76. The largest absolute Gasteiger partial charge is 0.474 e. The second-order valence-corrected chi connectivity index (χ2v) is 7.48. The average Bonchev–Trinajstić information content (AvgIpc) is 3.25. The van der Waals surface area contributed by atoms with Crippen LogP contribution in [0.15, 0.2) is 55.2 Å². The zero-order valence-electron chi connectivity index (χ0n) is 17.1. The van der Waals surface area contributed by atoms with Gasteiger partial charge in [0.2, 0.25) is 5.88 Å². The fourth-order valence-corrected chi connectivity index (χ4v) is 3.34. The van der Waals surface area contributed by atoms with Crippen LogP contribution < -0.4 is 4.74 Å². The zero-order chi connectivity index (χ0) is 20.9. The molecule has 1 saturated heterocycles. The minimum atomic E-state index is -0.262. The van der Waals surface area contributed by atoms with Gasteiger partial charge in [-0.1, -0.05) is 30.3 Å². The molecule has 8 nitrogen and oxygen atoms in total. The molecule has 3 aromatic rings. The SMILES string of the molecule is CC(C)OC(=O)N1CCC(Oc2cc(-n3cnc(-c4ccccc4)c3)ncn2)CC1. The molecule has 0 spiro atoms. The molecule has 30 heavy (non-hydrogen) atoms. The highest BCUT2D eigenvalue weighted by Crippen LogP contribution is 2.21. The molecule has 1 aromatic carbocycles. The first-order valence-corrected chi connectivity index (χ1v) is 10.1. The molecule has 0 aliphatic carbocycles. The lowest BCUT2D eigenvalue weighted by atomic mass is 10.1. The summed E-state index contributed by atoms with van der Waals surface area (Å²) in [6, 6.07) is 11.8. The molecule has 0 radical (unpaired) electrons. The van der Waals surface area contributed by atoms with Gasteiger partial charge in [-0.25, -0.2) is 19.7 Å². The predicted molar refractivity (Wildman–Crippen MR) is 111 cm³/mol. The molecule has 1 aliphatic rings. The van der Waals surface area contributed by atoms with E-state index in [1.54, 1.807) is 17.3 Å². The van der Waals surface area contributed by atoms with Crippen molar-refractivity contribution in [1.29, 1.82) is 0 Å². The number of likely N-dealkylation sites (tertiary alicyclic amines) is 1. The van der Waals surface area contributed by atoms with E-state index in [1.807, 2.05) is 54.9 Å². The highest BCUT2D eigenvalue weighted by atomic mass is 16.6. The molecular formula is C22H25N5O3. The van der Waals surface area contributed by atoms with Crippen LogP contribution in [-0.4, -0.2) is 55.8 Å². The second-order valence-electron chi connectivity index (χ2n) is 7.48. The number of carbonyl (C=O) groups excluding carboxylic acids is 1. The summed E-state index contributed by atoms with van der Waals surface area (Å²) in [7, 11) is 0. The van der Waals surface area contributed by atoms with Crippen LogP contribution in [0, 0.1) is 0 Å². The van der Waals surface area contributed by atoms with Gasteiger partial charge in [0.25, 0.3) is 0 Å². The number of piperidine rings is 1. The van der Waals surface area contributed by atoms with Crippen molar-refractivity contribution >= 4 is 6.09 Å². The van der Waals surface area contributed by atoms with E-state index in [1.165, 1.54) is 6.33 Å². The number of benzene rings is 1. The number of aromatic nitrogens is 4. The van der Waals surface area contributed by atoms with Crippen molar-refractivity contribution < 1.29 is 14.3 Å². The van der Waals surface area contributed by atoms with E-state index < -0.39 is 0 Å². The zero-order valence-corrected chi connectivity index (χ0v) is 17.1. The quantitative estimate of drug-likeness (QED) is 0.641. The summed E-state index contributed by atoms with van der Waals surface area (Å²) in [5, 5.41) is 0. The minimum Gasteiger partial charge on any atom is -0.474 e. The van der Waals surface area contributed by atoms with Crippen LogP contribution in [0.25, 0.3) is 17.1 Å². The molecular weight excluding hydrogens is 382 g/mol. The number of rotatable bonds is 5. The van der Waals surface area contributed by atoms with Gasteiger partial charge in [0.1, 0.15) is 24.6 Å². The van der Waals surface area contributed by atoms with E-state index in [9.17, 15) is 4.79 Å². The van der Waals surface area contributed by atoms with E-state index in [4.69, 9.17) is 9.47 Å². The third-order valence-corrected chi connectivity index (χ3v) is 4.87. The Morgan fingerprint density at radius 2 is 1.87 bits per heavy atom. The average molecular weight is 407 g/mol. The normalized spacial score (nSPS) is 14.7. The highest BCUT2D eigenvalue weighted by molar-refractivity contribution is 5.67. The van der Waals surface area contributed by atoms with Gasteiger partial charge >= 0.3 is 6.09 Å². The van der Waals surface area contributed by atoms with Crippen molar-refractivity contribution in [3.8, 4) is 23.0 Å². The Hall–Kier alpha value is -3.42. The molecule has 0 atom stereocenters. The maximum atomic E-state index is 12.0. The molecule has 3 heterocycles. The fourth-order valence-electron chi connectivity index (χ4n) is 3.34. The van der Waals surface area contributed by atoms with Crippen molar-refractivity contribution in [3.05, 3.63) is 55.2 Å². The second kappa shape index (κ2) is 8.94. The summed E-state index contributed by atoms with van der Waals surface area (Å²) >= 11 is 0. The Kier molecular flexibility index (Phi) is 5.92. The van der Waals surface area contributed by atoms with Gasteiger partial charge in [-0.05, 0) is 13.8 Å². The van der Waals surface area contributed by atoms with Crippen LogP contribution in [0.1, 0.15) is 26.7 Å². The van der Waals surface area contributed by atoms with Crippen LogP contribution in [0.2, 0.25) is 0 Å². The number of nitrogens with zero attached hydrogens (tertiary/aromatic N) is 5. The lowest BCUT2D eigenvalue weighted by Crippen LogP contribution is -2.42. The first kappa shape index (κ1) is 19.9. The molecule has 2 aromatic heterocycles. The molecule has 1 amide bonds. The van der Waals surface area contributed by atoms with Crippen LogP contribution in [0.4, 0.5) is 4.79 Å². The Morgan fingerprint density at radius 3 is 2.60 bits per heavy atom. The summed E-state index contributed by atoms with van der Waals surface area (Å²) in [4.78, 5) is 26.8. The third-order valence-electron chi connectivity index (χ3n) is 4.87. The van der Waals surface area contributed by atoms with E-state index in [0.717, 1.165) is 24.1 Å². The van der Waals surface area contributed by atoms with Crippen LogP contribution in [-0.2, 0) is 4.74 Å². The first-order chi connectivity index (χ1) is 14.6. The molecule has 0 bridgehead atoms. The van der Waals surface area contributed by atoms with Gasteiger partial charge in [-0.3, -0.25) is 4.57 Å². The summed E-state index contributed by atoms with van der Waals surface area (Å²) in [6.45, 7) is 4.92. The van der Waals surface area contributed by atoms with Crippen molar-refractivity contribution in [1.82, 2.24) is 24.4 Å². The Morgan fingerprint density at radius 1 is 1.10 bits per heavy atom. The molecule has 4 rings (SSSR count). The Balaban J connectivity index is 1.38. The maximum Gasteiger partial charge on any atom is 0.410 e. The van der Waals surface area contributed by atoms with Gasteiger partial charge in [-0.15, -0.1) is 0 Å². The summed E-state index contributed by atoms with van der Waals surface area (Å²) < 4.78 is 13.2. The smallest absolute Gasteiger partial charge is 0.410 e. The first-order valence-electron chi connectivity index (χ1n) is 10.1. The number of imidazole rings is 1. The number of carbonyl (C=O) groups is 1. The van der Waals surface area contributed by atoms with Crippen LogP contribution >= 0.6 is 0 Å². The molecule has 8 heteroatoms. The van der Waals surface area contributed by atoms with Crippen molar-refractivity contribution in [2.24, 2.45) is 0 Å². The molecule has 0 saturated carbocycles. The van der Waals surface area contributed by atoms with E-state index in [-0.39, 0.29) is 18.3 Å². The summed E-state index contributed by atoms with van der Waals surface area (Å²) in [6.07, 6.45) is 6.23. The monoisotopic (exact) mass is 407 g/mol. The Labute approximate surface area is 175 Å². The van der Waals surface area contributed by atoms with Crippen LogP contribution in [0.5, 0.6) is 5.88 Å². The highest BCUT2D eigenvalue weighted by Gasteiger charge is 2.25. The van der Waals surface area contributed by atoms with Gasteiger partial charge in [0.05, 0.1) is 11.8 Å². The van der Waals surface area contributed by atoms with Crippen molar-refractivity contribution in [2.45, 2.75) is 38.9 Å². The van der Waals surface area contributed by atoms with E-state index >= 15 is 0 Å². The van der Waals surface area contributed by atoms with Crippen LogP contribution in [0.3, 0.4) is 0 Å². The van der Waals surface area contributed by atoms with E-state index in [0.29, 0.717) is 24.8 Å². The lowest BCUT2D eigenvalue weighted by Gasteiger charge is -2.31. The van der Waals surface area contributed by atoms with Gasteiger partial charge in [-0.2, -0.15) is 0 Å². The standard InChI is InChI=1S/C22H25N5O3/c1-16(2)29-22(28)26-10-8-18(9-11-26)30-21-12-20(23-14-24-21)27-13-19(25-15-27)17-6-4-3-5-7-17/h3-7,12-16,18H,8-11H2,1-2H3. The van der Waals surface area contributed by atoms with Crippen molar-refractivity contribution in [2.75, 3.05) is 13.1 Å². The number of hydrogen-bond donors (Lipinski definition) is 0. The van der Waals surface area contributed by atoms with Gasteiger partial charge < -0.3 is 14.4 Å². The van der Waals surface area contributed by atoms with E-state index in [2.05, 4.69) is 15.0 Å². The molecule has 0 unspecified atom stereocenters. The van der Waals surface area contributed by atoms with Gasteiger partial charge in [0, 0.05) is 43.8 Å². The lowest BCUT2D eigenvalue weighted by molar-refractivity contribution is 0.0507.